The summed E-state index contributed by atoms with van der Waals surface area (Å²) in [4.78, 5) is 19.2. The number of amides is 1. The van der Waals surface area contributed by atoms with Gasteiger partial charge in [0.05, 0.1) is 19.8 Å². The van der Waals surface area contributed by atoms with Crippen LogP contribution in [-0.4, -0.2) is 68.7 Å². The fourth-order valence-corrected chi connectivity index (χ4v) is 2.84. The molecular formula is C21H35N5O2. The number of carbonyl (C=O) groups is 1. The Labute approximate surface area is 168 Å². The molecule has 1 aromatic rings. The maximum absolute atomic E-state index is 12.2. The maximum atomic E-state index is 12.2. The summed E-state index contributed by atoms with van der Waals surface area (Å²) in [5.41, 5.74) is 1.76. The predicted molar refractivity (Wildman–Crippen MR) is 114 cm³/mol. The second kappa shape index (κ2) is 12.4. The normalized spacial score (nSPS) is 16.5. The Morgan fingerprint density at radius 1 is 1.18 bits per heavy atom. The van der Waals surface area contributed by atoms with E-state index in [2.05, 4.69) is 39.7 Å². The number of hydrogen-bond acceptors (Lipinski definition) is 4. The van der Waals surface area contributed by atoms with Crippen LogP contribution in [0, 0.1) is 0 Å². The molecule has 1 amide bonds. The molecule has 0 radical (unpaired) electrons. The van der Waals surface area contributed by atoms with E-state index in [1.165, 1.54) is 0 Å². The molecule has 1 aliphatic rings. The number of hydrogen-bond donors (Lipinski definition) is 3. The van der Waals surface area contributed by atoms with E-state index in [0.717, 1.165) is 63.9 Å². The first-order chi connectivity index (χ1) is 13.6. The summed E-state index contributed by atoms with van der Waals surface area (Å²) in [5, 5.41) is 9.65. The van der Waals surface area contributed by atoms with Crippen LogP contribution in [0.2, 0.25) is 0 Å². The zero-order valence-electron chi connectivity index (χ0n) is 17.5. The zero-order valence-corrected chi connectivity index (χ0v) is 17.5. The van der Waals surface area contributed by atoms with Crippen molar-refractivity contribution in [1.82, 2.24) is 20.9 Å². The smallest absolute Gasteiger partial charge is 0.251 e. The van der Waals surface area contributed by atoms with Gasteiger partial charge in [0.25, 0.3) is 5.91 Å². The molecule has 0 spiro atoms. The lowest BCUT2D eigenvalue weighted by atomic mass is 10.1. The molecule has 0 saturated carbocycles. The van der Waals surface area contributed by atoms with Crippen LogP contribution in [0.1, 0.15) is 43.1 Å². The van der Waals surface area contributed by atoms with Crippen LogP contribution in [0.15, 0.2) is 29.3 Å². The second-order valence-corrected chi connectivity index (χ2v) is 7.06. The third-order valence-corrected chi connectivity index (χ3v) is 4.79. The minimum absolute atomic E-state index is 0.0254. The van der Waals surface area contributed by atoms with Gasteiger partial charge in [0.2, 0.25) is 0 Å². The van der Waals surface area contributed by atoms with Gasteiger partial charge in [0, 0.05) is 44.3 Å². The van der Waals surface area contributed by atoms with Gasteiger partial charge in [-0.05, 0) is 38.0 Å². The molecule has 0 aliphatic carbocycles. The third-order valence-electron chi connectivity index (χ3n) is 4.79. The molecule has 7 heteroatoms. The van der Waals surface area contributed by atoms with Gasteiger partial charge >= 0.3 is 0 Å². The molecule has 0 aromatic heterocycles. The van der Waals surface area contributed by atoms with Gasteiger partial charge in [-0.25, -0.2) is 4.99 Å². The SMILES string of the molecule is CCNC(=NCc1ccc(C(=O)NC(C)CC)cc1)NCCN1CCOCC1. The number of guanidine groups is 1. The van der Waals surface area contributed by atoms with Crippen molar-refractivity contribution in [2.45, 2.75) is 39.8 Å². The van der Waals surface area contributed by atoms with E-state index in [1.807, 2.05) is 31.2 Å². The molecule has 1 aromatic carbocycles. The molecule has 1 fully saturated rings. The lowest BCUT2D eigenvalue weighted by molar-refractivity contribution is 0.0389. The molecular weight excluding hydrogens is 354 g/mol. The highest BCUT2D eigenvalue weighted by Gasteiger charge is 2.10. The molecule has 1 heterocycles. The van der Waals surface area contributed by atoms with Crippen LogP contribution in [0.3, 0.4) is 0 Å². The van der Waals surface area contributed by atoms with E-state index in [1.54, 1.807) is 0 Å². The molecule has 0 bridgehead atoms. The van der Waals surface area contributed by atoms with Crippen LogP contribution in [0.4, 0.5) is 0 Å². The average Bonchev–Trinajstić information content (AvgIpc) is 2.73. The van der Waals surface area contributed by atoms with Gasteiger partial charge in [0.1, 0.15) is 0 Å². The number of ether oxygens (including phenoxy) is 1. The first kappa shape index (κ1) is 22.2. The monoisotopic (exact) mass is 389 g/mol. The Morgan fingerprint density at radius 3 is 2.54 bits per heavy atom. The van der Waals surface area contributed by atoms with Crippen molar-refractivity contribution in [2.24, 2.45) is 4.99 Å². The van der Waals surface area contributed by atoms with Crippen molar-refractivity contribution in [3.8, 4) is 0 Å². The fourth-order valence-electron chi connectivity index (χ4n) is 2.84. The Balaban J connectivity index is 1.82. The van der Waals surface area contributed by atoms with E-state index >= 15 is 0 Å². The highest BCUT2D eigenvalue weighted by atomic mass is 16.5. The largest absolute Gasteiger partial charge is 0.379 e. The summed E-state index contributed by atoms with van der Waals surface area (Å²) in [6.45, 7) is 13.0. The molecule has 1 atom stereocenters. The van der Waals surface area contributed by atoms with Gasteiger partial charge in [0.15, 0.2) is 5.96 Å². The minimum atomic E-state index is -0.0254. The molecule has 156 valence electrons. The average molecular weight is 390 g/mol. The van der Waals surface area contributed by atoms with Crippen molar-refractivity contribution in [3.05, 3.63) is 35.4 Å². The van der Waals surface area contributed by atoms with Gasteiger partial charge in [-0.15, -0.1) is 0 Å². The van der Waals surface area contributed by atoms with Gasteiger partial charge in [-0.2, -0.15) is 0 Å². The molecule has 1 aliphatic heterocycles. The molecule has 2 rings (SSSR count). The minimum Gasteiger partial charge on any atom is -0.379 e. The summed E-state index contributed by atoms with van der Waals surface area (Å²) in [6, 6.07) is 7.84. The second-order valence-electron chi connectivity index (χ2n) is 7.06. The Hall–Kier alpha value is -2.12. The summed E-state index contributed by atoms with van der Waals surface area (Å²) >= 11 is 0. The number of morpholine rings is 1. The number of aliphatic imine (C=N–C) groups is 1. The van der Waals surface area contributed by atoms with Crippen LogP contribution in [0.25, 0.3) is 0 Å². The summed E-state index contributed by atoms with van der Waals surface area (Å²) in [5.74, 6) is 0.789. The predicted octanol–water partition coefficient (Wildman–Crippen LogP) is 1.60. The van der Waals surface area contributed by atoms with Crippen molar-refractivity contribution < 1.29 is 9.53 Å². The van der Waals surface area contributed by atoms with E-state index in [9.17, 15) is 4.79 Å². The Kier molecular flexibility index (Phi) is 9.79. The number of nitrogens with one attached hydrogen (secondary N) is 3. The number of benzene rings is 1. The molecule has 7 nitrogen and oxygen atoms in total. The quantitative estimate of drug-likeness (QED) is 0.442. The van der Waals surface area contributed by atoms with E-state index in [-0.39, 0.29) is 11.9 Å². The Morgan fingerprint density at radius 2 is 1.89 bits per heavy atom. The van der Waals surface area contributed by atoms with Crippen molar-refractivity contribution >= 4 is 11.9 Å². The summed E-state index contributed by atoms with van der Waals surface area (Å²) < 4.78 is 5.38. The van der Waals surface area contributed by atoms with E-state index in [4.69, 9.17) is 4.74 Å². The van der Waals surface area contributed by atoms with E-state index in [0.29, 0.717) is 12.1 Å². The number of nitrogens with zero attached hydrogens (tertiary/aromatic N) is 2. The van der Waals surface area contributed by atoms with Crippen molar-refractivity contribution in [3.63, 3.8) is 0 Å². The zero-order chi connectivity index (χ0) is 20.2. The summed E-state index contributed by atoms with van der Waals surface area (Å²) in [6.07, 6.45) is 0.921. The highest BCUT2D eigenvalue weighted by molar-refractivity contribution is 5.94. The lowest BCUT2D eigenvalue weighted by Crippen LogP contribution is -2.44. The lowest BCUT2D eigenvalue weighted by Gasteiger charge is -2.26. The first-order valence-electron chi connectivity index (χ1n) is 10.3. The number of carbonyl (C=O) groups excluding carboxylic acids is 1. The third kappa shape index (κ3) is 7.86. The topological polar surface area (TPSA) is 78.0 Å². The molecule has 1 saturated heterocycles. The van der Waals surface area contributed by atoms with Gasteiger partial charge in [-0.3, -0.25) is 9.69 Å². The fraction of sp³-hybridized carbons (Fsp3) is 0.619. The highest BCUT2D eigenvalue weighted by Crippen LogP contribution is 2.06. The van der Waals surface area contributed by atoms with Gasteiger partial charge in [-0.1, -0.05) is 19.1 Å². The van der Waals surface area contributed by atoms with Crippen LogP contribution in [0.5, 0.6) is 0 Å². The van der Waals surface area contributed by atoms with Crippen LogP contribution >= 0.6 is 0 Å². The molecule has 28 heavy (non-hydrogen) atoms. The molecule has 3 N–H and O–H groups in total. The standard InChI is InChI=1S/C21H35N5O2/c1-4-17(3)25-20(27)19-8-6-18(7-9-19)16-24-21(22-5-2)23-10-11-26-12-14-28-15-13-26/h6-9,17H,4-5,10-16H2,1-3H3,(H,25,27)(H2,22,23,24). The van der Waals surface area contributed by atoms with Gasteiger partial charge < -0.3 is 20.7 Å². The Bertz CT molecular complexity index is 612. The maximum Gasteiger partial charge on any atom is 0.251 e. The first-order valence-corrected chi connectivity index (χ1v) is 10.3. The van der Waals surface area contributed by atoms with Crippen molar-refractivity contribution in [1.29, 1.82) is 0 Å². The van der Waals surface area contributed by atoms with Crippen LogP contribution < -0.4 is 16.0 Å². The summed E-state index contributed by atoms with van der Waals surface area (Å²) in [7, 11) is 0. The molecule has 1 unspecified atom stereocenters. The van der Waals surface area contributed by atoms with Crippen molar-refractivity contribution in [2.75, 3.05) is 45.9 Å². The van der Waals surface area contributed by atoms with E-state index < -0.39 is 0 Å². The van der Waals surface area contributed by atoms with Crippen LogP contribution in [-0.2, 0) is 11.3 Å². The number of rotatable bonds is 9.